The molecule has 0 aliphatic heterocycles. The predicted octanol–water partition coefficient (Wildman–Crippen LogP) is 6.16. The van der Waals surface area contributed by atoms with Gasteiger partial charge < -0.3 is 0 Å². The third-order valence-corrected chi connectivity index (χ3v) is 14.0. The van der Waals surface area contributed by atoms with E-state index in [-0.39, 0.29) is 0 Å². The van der Waals surface area contributed by atoms with Gasteiger partial charge in [0.1, 0.15) is 0 Å². The quantitative estimate of drug-likeness (QED) is 0.331. The fraction of sp³-hybridized carbons (Fsp3) is 1.00. The molecule has 0 atom stereocenters. The summed E-state index contributed by atoms with van der Waals surface area (Å²) in [6.45, 7) is 6.75. The summed E-state index contributed by atoms with van der Waals surface area (Å²) >= 11 is 9.96. The second kappa shape index (κ2) is 11.4. The van der Waals surface area contributed by atoms with Crippen molar-refractivity contribution >= 4 is 39.0 Å². The van der Waals surface area contributed by atoms with Gasteiger partial charge in [-0.1, -0.05) is 64.7 Å². The molecule has 0 amide bonds. The van der Waals surface area contributed by atoms with Gasteiger partial charge in [-0.15, -0.1) is 22.8 Å². The maximum Gasteiger partial charge on any atom is 0.0572 e. The van der Waals surface area contributed by atoms with Crippen LogP contribution in [0.3, 0.4) is 0 Å². The predicted molar refractivity (Wildman–Crippen MR) is 88.8 cm³/mol. The molecule has 0 N–H and O–H groups in total. The van der Waals surface area contributed by atoms with Crippen molar-refractivity contribution in [1.29, 1.82) is 0 Å². The van der Waals surface area contributed by atoms with Crippen LogP contribution in [-0.4, -0.2) is 17.7 Å². The van der Waals surface area contributed by atoms with E-state index in [2.05, 4.69) is 43.5 Å². The number of unbranched alkanes of at least 4 members (excludes halogenated alkanes) is 5. The van der Waals surface area contributed by atoms with Crippen LogP contribution in [0.1, 0.15) is 59.3 Å². The van der Waals surface area contributed by atoms with Crippen molar-refractivity contribution in [2.45, 2.75) is 59.3 Å². The van der Waals surface area contributed by atoms with Gasteiger partial charge >= 0.3 is 0 Å². The molecule has 0 saturated heterocycles. The molecule has 0 fully saturated rings. The maximum absolute atomic E-state index is 5.84. The summed E-state index contributed by atoms with van der Waals surface area (Å²) in [5.41, 5.74) is 0. The molecule has 0 aromatic carbocycles. The molecule has 0 aromatic rings. The van der Waals surface area contributed by atoms with Gasteiger partial charge in [0.15, 0.2) is 0 Å². The molecule has 16 heavy (non-hydrogen) atoms. The highest BCUT2D eigenvalue weighted by Crippen LogP contribution is 2.69. The highest BCUT2D eigenvalue weighted by molar-refractivity contribution is 9.00. The molecule has 0 aromatic heterocycles. The average molecular weight is 299 g/mol. The first-order valence-electron chi connectivity index (χ1n) is 6.56. The zero-order valence-corrected chi connectivity index (χ0v) is 14.4. The third kappa shape index (κ3) is 9.39. The van der Waals surface area contributed by atoms with Crippen LogP contribution in [0.15, 0.2) is 0 Å². The number of rotatable bonds is 11. The number of hydrogen-bond donors (Lipinski definition) is 0. The summed E-state index contributed by atoms with van der Waals surface area (Å²) in [6, 6.07) is 0. The Morgan fingerprint density at radius 2 is 1.31 bits per heavy atom. The molecule has 0 rings (SSSR count). The Morgan fingerprint density at radius 1 is 0.812 bits per heavy atom. The van der Waals surface area contributed by atoms with Crippen molar-refractivity contribution in [1.82, 2.24) is 0 Å². The van der Waals surface area contributed by atoms with E-state index in [1.54, 1.807) is 0 Å². The van der Waals surface area contributed by atoms with Crippen LogP contribution < -0.4 is 0 Å². The van der Waals surface area contributed by atoms with Crippen molar-refractivity contribution in [3.63, 3.8) is 0 Å². The van der Waals surface area contributed by atoms with Crippen LogP contribution in [0.4, 0.5) is 0 Å². The van der Waals surface area contributed by atoms with E-state index in [9.17, 15) is 0 Å². The monoisotopic (exact) mass is 298 g/mol. The lowest BCUT2D eigenvalue weighted by molar-refractivity contribution is 0.626. The zero-order valence-electron chi connectivity index (χ0n) is 11.0. The molecular formula is C12H27PS3. The van der Waals surface area contributed by atoms with Gasteiger partial charge in [0, 0.05) is 0 Å². The summed E-state index contributed by atoms with van der Waals surface area (Å²) < 4.78 is -1.11. The topological polar surface area (TPSA) is 0 Å². The summed E-state index contributed by atoms with van der Waals surface area (Å²) in [7, 11) is 0. The van der Waals surface area contributed by atoms with Gasteiger partial charge in [-0.2, -0.15) is 0 Å². The molecule has 0 aliphatic carbocycles. The molecule has 0 saturated carbocycles. The molecular weight excluding hydrogens is 271 g/mol. The van der Waals surface area contributed by atoms with E-state index in [4.69, 9.17) is 11.8 Å². The highest BCUT2D eigenvalue weighted by atomic mass is 33.2. The maximum atomic E-state index is 5.84. The summed E-state index contributed by atoms with van der Waals surface area (Å²) in [6.07, 6.45) is 9.65. The van der Waals surface area contributed by atoms with Gasteiger partial charge in [-0.3, -0.25) is 0 Å². The van der Waals surface area contributed by atoms with Crippen LogP contribution in [-0.2, 0) is 11.8 Å². The Labute approximate surface area is 116 Å². The Kier molecular flexibility index (Phi) is 12.4. The molecule has 0 unspecified atom stereocenters. The van der Waals surface area contributed by atoms with E-state index in [0.29, 0.717) is 0 Å². The first kappa shape index (κ1) is 17.4. The third-order valence-electron chi connectivity index (χ3n) is 2.44. The minimum absolute atomic E-state index is 1.11. The van der Waals surface area contributed by atoms with Crippen LogP contribution >= 0.6 is 27.2 Å². The standard InChI is InChI=1S/C12H27PS3/c1-4-7-8-9-10-11-12-13(14,15-5-2)16-6-3/h4-12H2,1-3H3. The average Bonchev–Trinajstić information content (AvgIpc) is 2.24. The van der Waals surface area contributed by atoms with Gasteiger partial charge in [-0.25, -0.2) is 0 Å². The first-order chi connectivity index (χ1) is 7.68. The molecule has 0 nitrogen and oxygen atoms in total. The molecule has 0 heterocycles. The van der Waals surface area contributed by atoms with E-state index >= 15 is 0 Å². The fourth-order valence-electron chi connectivity index (χ4n) is 1.65. The van der Waals surface area contributed by atoms with E-state index in [1.807, 2.05) is 0 Å². The number of hydrogen-bond acceptors (Lipinski definition) is 3. The lowest BCUT2D eigenvalue weighted by Gasteiger charge is -2.19. The van der Waals surface area contributed by atoms with E-state index in [1.165, 1.54) is 56.2 Å². The fourth-order valence-corrected chi connectivity index (χ4v) is 12.4. The normalized spacial score (nSPS) is 11.9. The second-order valence-electron chi connectivity index (χ2n) is 3.94. The summed E-state index contributed by atoms with van der Waals surface area (Å²) in [4.78, 5) is 0. The van der Waals surface area contributed by atoms with Gasteiger partial charge in [0.2, 0.25) is 0 Å². The Bertz CT molecular complexity index is 185. The van der Waals surface area contributed by atoms with Crippen LogP contribution in [0.2, 0.25) is 0 Å². The summed E-state index contributed by atoms with van der Waals surface area (Å²) in [5, 5.41) is 0. The lowest BCUT2D eigenvalue weighted by Crippen LogP contribution is -1.86. The molecule has 0 spiro atoms. The van der Waals surface area contributed by atoms with Crippen molar-refractivity contribution in [2.75, 3.05) is 17.7 Å². The smallest absolute Gasteiger partial charge is 0.0572 e. The van der Waals surface area contributed by atoms with E-state index in [0.717, 1.165) is 0 Å². The minimum atomic E-state index is -1.11. The molecule has 0 bridgehead atoms. The molecule has 0 aliphatic rings. The van der Waals surface area contributed by atoms with Gasteiger partial charge in [0.25, 0.3) is 0 Å². The highest BCUT2D eigenvalue weighted by Gasteiger charge is 2.15. The lowest BCUT2D eigenvalue weighted by atomic mass is 10.1. The first-order valence-corrected chi connectivity index (χ1v) is 12.7. The SMILES string of the molecule is CCCCCCCCP(=S)(SCC)SCC. The minimum Gasteiger partial charge on any atom is -0.114 e. The van der Waals surface area contributed by atoms with Crippen LogP contribution in [0, 0.1) is 0 Å². The van der Waals surface area contributed by atoms with Crippen molar-refractivity contribution < 1.29 is 0 Å². The molecule has 4 heteroatoms. The Hall–Kier alpha value is 1.35. The Morgan fingerprint density at radius 3 is 1.81 bits per heavy atom. The molecule has 98 valence electrons. The second-order valence-corrected chi connectivity index (χ2v) is 16.5. The van der Waals surface area contributed by atoms with Gasteiger partial charge in [-0.05, 0) is 24.1 Å². The van der Waals surface area contributed by atoms with Crippen LogP contribution in [0.5, 0.6) is 0 Å². The van der Waals surface area contributed by atoms with Gasteiger partial charge in [0.05, 0.1) is 4.44 Å². The van der Waals surface area contributed by atoms with Crippen molar-refractivity contribution in [2.24, 2.45) is 0 Å². The Balaban J connectivity index is 3.64. The van der Waals surface area contributed by atoms with Crippen molar-refractivity contribution in [3.8, 4) is 0 Å². The van der Waals surface area contributed by atoms with E-state index < -0.39 is 4.44 Å². The largest absolute Gasteiger partial charge is 0.114 e. The summed E-state index contributed by atoms with van der Waals surface area (Å²) in [5.74, 6) is 2.39. The zero-order chi connectivity index (χ0) is 12.3. The van der Waals surface area contributed by atoms with Crippen LogP contribution in [0.25, 0.3) is 0 Å². The molecule has 0 radical (unpaired) electrons. The van der Waals surface area contributed by atoms with Crippen molar-refractivity contribution in [3.05, 3.63) is 0 Å².